The molecule has 17 heavy (non-hydrogen) atoms. The van der Waals surface area contributed by atoms with E-state index in [1.165, 1.54) is 12.8 Å². The first kappa shape index (κ1) is 11.2. The molecule has 1 saturated carbocycles. The second-order valence-corrected chi connectivity index (χ2v) is 5.03. The van der Waals surface area contributed by atoms with Gasteiger partial charge >= 0.3 is 0 Å². The minimum atomic E-state index is 0.0163. The van der Waals surface area contributed by atoms with Crippen molar-refractivity contribution in [2.75, 3.05) is 6.54 Å². The molecule has 1 aromatic heterocycles. The maximum atomic E-state index is 5.70. The quantitative estimate of drug-likeness (QED) is 0.843. The summed E-state index contributed by atoms with van der Waals surface area (Å²) in [5, 5.41) is 11.6. The van der Waals surface area contributed by atoms with Gasteiger partial charge in [-0.15, -0.1) is 10.2 Å². The standard InChI is InChI=1S/C12H19N3O2/c1-8-2-5-10(16-8)12-15-14-11(17-12)6-7-13-9-3-4-9/h8-10,13H,2-7H2,1H3. The van der Waals surface area contributed by atoms with Crippen LogP contribution in [0.1, 0.15) is 50.5 Å². The predicted octanol–water partition coefficient (Wildman–Crippen LogP) is 1.60. The normalized spacial score (nSPS) is 28.8. The third-order valence-electron chi connectivity index (χ3n) is 3.34. The summed E-state index contributed by atoms with van der Waals surface area (Å²) in [6.07, 6.45) is 5.82. The molecule has 0 aromatic carbocycles. The van der Waals surface area contributed by atoms with Crippen LogP contribution in [0.2, 0.25) is 0 Å². The third-order valence-corrected chi connectivity index (χ3v) is 3.34. The molecule has 1 saturated heterocycles. The summed E-state index contributed by atoms with van der Waals surface area (Å²) < 4.78 is 11.3. The Kier molecular flexibility index (Phi) is 3.11. The Hall–Kier alpha value is -0.940. The Bertz CT molecular complexity index is 376. The summed E-state index contributed by atoms with van der Waals surface area (Å²) in [4.78, 5) is 0. The van der Waals surface area contributed by atoms with E-state index in [-0.39, 0.29) is 6.10 Å². The lowest BCUT2D eigenvalue weighted by atomic mass is 10.2. The fraction of sp³-hybridized carbons (Fsp3) is 0.833. The third kappa shape index (κ3) is 2.84. The van der Waals surface area contributed by atoms with Gasteiger partial charge in [-0.3, -0.25) is 0 Å². The minimum absolute atomic E-state index is 0.0163. The Morgan fingerprint density at radius 1 is 1.24 bits per heavy atom. The van der Waals surface area contributed by atoms with Crippen LogP contribution < -0.4 is 5.32 Å². The number of ether oxygens (including phenoxy) is 1. The lowest BCUT2D eigenvalue weighted by Gasteiger charge is -2.05. The first-order valence-electron chi connectivity index (χ1n) is 6.52. The van der Waals surface area contributed by atoms with Crippen molar-refractivity contribution < 1.29 is 9.15 Å². The molecule has 0 radical (unpaired) electrons. The molecule has 94 valence electrons. The summed E-state index contributed by atoms with van der Waals surface area (Å²) in [5.41, 5.74) is 0. The van der Waals surface area contributed by atoms with Gasteiger partial charge in [-0.25, -0.2) is 0 Å². The van der Waals surface area contributed by atoms with Crippen molar-refractivity contribution >= 4 is 0 Å². The molecule has 5 heteroatoms. The second kappa shape index (κ2) is 4.74. The molecular formula is C12H19N3O2. The van der Waals surface area contributed by atoms with Gasteiger partial charge in [-0.05, 0) is 32.6 Å². The van der Waals surface area contributed by atoms with Gasteiger partial charge in [-0.1, -0.05) is 0 Å². The predicted molar refractivity (Wildman–Crippen MR) is 61.5 cm³/mol. The first-order chi connectivity index (χ1) is 8.31. The second-order valence-electron chi connectivity index (χ2n) is 5.03. The average Bonchev–Trinajstić information content (AvgIpc) is 2.85. The van der Waals surface area contributed by atoms with E-state index in [1.54, 1.807) is 0 Å². The summed E-state index contributed by atoms with van der Waals surface area (Å²) in [6.45, 7) is 3.01. The van der Waals surface area contributed by atoms with Gasteiger partial charge in [0.05, 0.1) is 6.10 Å². The summed E-state index contributed by atoms with van der Waals surface area (Å²) in [5.74, 6) is 1.37. The van der Waals surface area contributed by atoms with Gasteiger partial charge in [0.15, 0.2) is 0 Å². The average molecular weight is 237 g/mol. The number of nitrogens with one attached hydrogen (secondary N) is 1. The van der Waals surface area contributed by atoms with Crippen molar-refractivity contribution in [2.45, 2.75) is 57.3 Å². The number of hydrogen-bond acceptors (Lipinski definition) is 5. The Balaban J connectivity index is 1.50. The molecule has 2 atom stereocenters. The van der Waals surface area contributed by atoms with Crippen LogP contribution in [0.5, 0.6) is 0 Å². The van der Waals surface area contributed by atoms with Crippen molar-refractivity contribution in [2.24, 2.45) is 0 Å². The van der Waals surface area contributed by atoms with Crippen LogP contribution in [0.3, 0.4) is 0 Å². The topological polar surface area (TPSA) is 60.2 Å². The molecular weight excluding hydrogens is 218 g/mol. The Morgan fingerprint density at radius 2 is 2.12 bits per heavy atom. The molecule has 1 N–H and O–H groups in total. The smallest absolute Gasteiger partial charge is 0.245 e. The lowest BCUT2D eigenvalue weighted by Crippen LogP contribution is -2.19. The van der Waals surface area contributed by atoms with Gasteiger partial charge in [0.25, 0.3) is 0 Å². The fourth-order valence-corrected chi connectivity index (χ4v) is 2.15. The molecule has 0 spiro atoms. The van der Waals surface area contributed by atoms with E-state index in [4.69, 9.17) is 9.15 Å². The fourth-order valence-electron chi connectivity index (χ4n) is 2.15. The van der Waals surface area contributed by atoms with E-state index in [0.29, 0.717) is 12.0 Å². The molecule has 2 aliphatic rings. The molecule has 3 rings (SSSR count). The SMILES string of the molecule is CC1CCC(c2nnc(CCNC3CC3)o2)O1. The maximum absolute atomic E-state index is 5.70. The summed E-state index contributed by atoms with van der Waals surface area (Å²) in [6, 6.07) is 0.733. The highest BCUT2D eigenvalue weighted by Crippen LogP contribution is 2.31. The number of aromatic nitrogens is 2. The van der Waals surface area contributed by atoms with E-state index >= 15 is 0 Å². The highest BCUT2D eigenvalue weighted by atomic mass is 16.5. The Labute approximate surface area is 101 Å². The number of nitrogens with zero attached hydrogens (tertiary/aromatic N) is 2. The molecule has 2 fully saturated rings. The monoisotopic (exact) mass is 237 g/mol. The first-order valence-corrected chi connectivity index (χ1v) is 6.52. The zero-order valence-electron chi connectivity index (χ0n) is 10.2. The number of hydrogen-bond donors (Lipinski definition) is 1. The minimum Gasteiger partial charge on any atom is -0.422 e. The van der Waals surface area contributed by atoms with Crippen molar-refractivity contribution in [3.63, 3.8) is 0 Å². The van der Waals surface area contributed by atoms with Gasteiger partial charge in [0.1, 0.15) is 6.10 Å². The van der Waals surface area contributed by atoms with E-state index < -0.39 is 0 Å². The molecule has 1 aliphatic carbocycles. The molecule has 0 bridgehead atoms. The zero-order chi connectivity index (χ0) is 11.7. The van der Waals surface area contributed by atoms with Crippen LogP contribution in [0, 0.1) is 0 Å². The summed E-state index contributed by atoms with van der Waals surface area (Å²) >= 11 is 0. The van der Waals surface area contributed by atoms with Crippen LogP contribution in [0.25, 0.3) is 0 Å². The van der Waals surface area contributed by atoms with Crippen molar-refractivity contribution in [3.05, 3.63) is 11.8 Å². The van der Waals surface area contributed by atoms with Crippen LogP contribution in [0.15, 0.2) is 4.42 Å². The van der Waals surface area contributed by atoms with E-state index in [2.05, 4.69) is 22.4 Å². The van der Waals surface area contributed by atoms with Crippen molar-refractivity contribution in [3.8, 4) is 0 Å². The van der Waals surface area contributed by atoms with Crippen LogP contribution in [-0.2, 0) is 11.2 Å². The van der Waals surface area contributed by atoms with Crippen LogP contribution in [-0.4, -0.2) is 28.9 Å². The molecule has 0 amide bonds. The summed E-state index contributed by atoms with van der Waals surface area (Å²) in [7, 11) is 0. The van der Waals surface area contributed by atoms with Crippen molar-refractivity contribution in [1.82, 2.24) is 15.5 Å². The Morgan fingerprint density at radius 3 is 2.82 bits per heavy atom. The van der Waals surface area contributed by atoms with E-state index in [9.17, 15) is 0 Å². The molecule has 2 unspecified atom stereocenters. The highest BCUT2D eigenvalue weighted by Gasteiger charge is 2.28. The molecule has 2 heterocycles. The van der Waals surface area contributed by atoms with E-state index in [0.717, 1.165) is 37.7 Å². The van der Waals surface area contributed by atoms with Gasteiger partial charge in [-0.2, -0.15) is 0 Å². The van der Waals surface area contributed by atoms with E-state index in [1.807, 2.05) is 0 Å². The molecule has 5 nitrogen and oxygen atoms in total. The van der Waals surface area contributed by atoms with Crippen LogP contribution >= 0.6 is 0 Å². The lowest BCUT2D eigenvalue weighted by molar-refractivity contribution is 0.0384. The van der Waals surface area contributed by atoms with Gasteiger partial charge < -0.3 is 14.5 Å². The highest BCUT2D eigenvalue weighted by molar-refractivity contribution is 4.91. The largest absolute Gasteiger partial charge is 0.422 e. The molecule has 1 aromatic rings. The van der Waals surface area contributed by atoms with Crippen LogP contribution in [0.4, 0.5) is 0 Å². The van der Waals surface area contributed by atoms with Gasteiger partial charge in [0, 0.05) is 19.0 Å². The molecule has 1 aliphatic heterocycles. The zero-order valence-corrected chi connectivity index (χ0v) is 10.2. The number of rotatable bonds is 5. The maximum Gasteiger partial charge on any atom is 0.245 e. The van der Waals surface area contributed by atoms with Gasteiger partial charge in [0.2, 0.25) is 11.8 Å². The van der Waals surface area contributed by atoms with Crippen molar-refractivity contribution in [1.29, 1.82) is 0 Å².